The summed E-state index contributed by atoms with van der Waals surface area (Å²) in [5.41, 5.74) is 0.306. The number of nitrogens with zero attached hydrogens (tertiary/aromatic N) is 2. The van der Waals surface area contributed by atoms with E-state index in [1.165, 1.54) is 0 Å². The fourth-order valence-corrected chi connectivity index (χ4v) is 4.71. The summed E-state index contributed by atoms with van der Waals surface area (Å²) in [5.74, 6) is -2.80. The lowest BCUT2D eigenvalue weighted by Gasteiger charge is -2.37. The quantitative estimate of drug-likeness (QED) is 0.727. The van der Waals surface area contributed by atoms with Gasteiger partial charge < -0.3 is 14.6 Å². The predicted molar refractivity (Wildman–Crippen MR) is 105 cm³/mol. The molecule has 2 aliphatic rings. The van der Waals surface area contributed by atoms with E-state index < -0.39 is 11.5 Å². The van der Waals surface area contributed by atoms with Crippen LogP contribution >= 0.6 is 11.6 Å². The number of ketones is 1. The van der Waals surface area contributed by atoms with E-state index in [4.69, 9.17) is 11.6 Å². The van der Waals surface area contributed by atoms with Gasteiger partial charge in [-0.3, -0.25) is 4.79 Å². The number of carbonyl (C=O) groups excluding carboxylic acids is 1. The average molecular weight is 411 g/mol. The fraction of sp³-hybridized carbons (Fsp3) is 0.571. The van der Waals surface area contributed by atoms with Crippen molar-refractivity contribution >= 4 is 28.3 Å². The first kappa shape index (κ1) is 19.8. The van der Waals surface area contributed by atoms with Crippen LogP contribution in [0.25, 0.3) is 10.9 Å². The van der Waals surface area contributed by atoms with Crippen molar-refractivity contribution < 1.29 is 18.7 Å². The summed E-state index contributed by atoms with van der Waals surface area (Å²) >= 11 is 6.41. The van der Waals surface area contributed by atoms with E-state index in [0.29, 0.717) is 16.6 Å². The lowest BCUT2D eigenvalue weighted by molar-refractivity contribution is -0.105. The highest BCUT2D eigenvalue weighted by molar-refractivity contribution is 6.37. The SMILES string of the molecule is CN1CC(n2cc(C(=O)CCC3(O)CCC(F)(F)CC3)c3c(Cl)cccc32)C1. The Morgan fingerprint density at radius 2 is 1.93 bits per heavy atom. The average Bonchev–Trinajstić information content (AvgIpc) is 3.01. The molecule has 0 unspecified atom stereocenters. The molecule has 2 fully saturated rings. The van der Waals surface area contributed by atoms with E-state index in [-0.39, 0.29) is 44.3 Å². The van der Waals surface area contributed by atoms with E-state index in [0.717, 1.165) is 24.0 Å². The topological polar surface area (TPSA) is 45.5 Å². The number of hydrogen-bond acceptors (Lipinski definition) is 3. The summed E-state index contributed by atoms with van der Waals surface area (Å²) in [6.07, 6.45) is 1.61. The standard InChI is InChI=1S/C21H25ClF2N2O2/c1-25-11-14(12-25)26-13-15(19-16(22)3-2-4-17(19)26)18(27)5-6-20(28)7-9-21(23,24)10-8-20/h2-4,13-14,28H,5-12H2,1H3. The van der Waals surface area contributed by atoms with Gasteiger partial charge in [0.05, 0.1) is 22.2 Å². The zero-order chi connectivity index (χ0) is 20.1. The molecule has 1 aromatic carbocycles. The number of likely N-dealkylation sites (tertiary alicyclic amines) is 1. The van der Waals surface area contributed by atoms with Crippen molar-refractivity contribution in [1.29, 1.82) is 0 Å². The third-order valence-electron chi connectivity index (χ3n) is 6.28. The molecule has 4 rings (SSSR count). The van der Waals surface area contributed by atoms with Gasteiger partial charge in [0.15, 0.2) is 5.78 Å². The second-order valence-electron chi connectivity index (χ2n) is 8.46. The van der Waals surface area contributed by atoms with Crippen molar-refractivity contribution in [3.8, 4) is 0 Å². The number of hydrogen-bond donors (Lipinski definition) is 1. The number of alkyl halides is 2. The Morgan fingerprint density at radius 3 is 2.57 bits per heavy atom. The van der Waals surface area contributed by atoms with E-state index >= 15 is 0 Å². The molecule has 7 heteroatoms. The summed E-state index contributed by atoms with van der Waals surface area (Å²) in [4.78, 5) is 15.2. The monoisotopic (exact) mass is 410 g/mol. The number of likely N-dealkylation sites (N-methyl/N-ethyl adjacent to an activating group) is 1. The Kier molecular flexibility index (Phi) is 5.01. The molecule has 1 saturated heterocycles. The Morgan fingerprint density at radius 1 is 1.25 bits per heavy atom. The van der Waals surface area contributed by atoms with Crippen LogP contribution in [0.1, 0.15) is 54.9 Å². The molecule has 0 bridgehead atoms. The molecular formula is C21H25ClF2N2O2. The van der Waals surface area contributed by atoms with Crippen molar-refractivity contribution in [2.45, 2.75) is 56.1 Å². The molecule has 0 radical (unpaired) electrons. The van der Waals surface area contributed by atoms with Gasteiger partial charge in [-0.05, 0) is 38.4 Å². The molecular weight excluding hydrogens is 386 g/mol. The Balaban J connectivity index is 1.54. The molecule has 1 aromatic heterocycles. The van der Waals surface area contributed by atoms with Gasteiger partial charge in [-0.25, -0.2) is 8.78 Å². The van der Waals surface area contributed by atoms with Gasteiger partial charge >= 0.3 is 0 Å². The molecule has 1 N–H and O–H groups in total. The summed E-state index contributed by atoms with van der Waals surface area (Å²) in [5, 5.41) is 11.9. The van der Waals surface area contributed by atoms with E-state index in [9.17, 15) is 18.7 Å². The second kappa shape index (κ2) is 7.08. The zero-order valence-corrected chi connectivity index (χ0v) is 16.7. The first-order valence-electron chi connectivity index (χ1n) is 9.78. The van der Waals surface area contributed by atoms with Crippen molar-refractivity contribution in [3.63, 3.8) is 0 Å². The normalized spacial score (nSPS) is 22.3. The van der Waals surface area contributed by atoms with Gasteiger partial charge in [0.1, 0.15) is 0 Å². The maximum absolute atomic E-state index is 13.4. The molecule has 2 heterocycles. The first-order valence-corrected chi connectivity index (χ1v) is 10.2. The third kappa shape index (κ3) is 3.70. The summed E-state index contributed by atoms with van der Waals surface area (Å²) < 4.78 is 28.9. The minimum absolute atomic E-state index is 0.0319. The van der Waals surface area contributed by atoms with Gasteiger partial charge in [0.2, 0.25) is 5.92 Å². The molecule has 0 spiro atoms. The number of halogens is 3. The highest BCUT2D eigenvalue weighted by atomic mass is 35.5. The van der Waals surface area contributed by atoms with Gasteiger partial charge in [0, 0.05) is 49.5 Å². The van der Waals surface area contributed by atoms with Crippen LogP contribution in [0.2, 0.25) is 5.02 Å². The van der Waals surface area contributed by atoms with Gasteiger partial charge in [0.25, 0.3) is 0 Å². The maximum Gasteiger partial charge on any atom is 0.248 e. The van der Waals surface area contributed by atoms with Gasteiger partial charge in [-0.1, -0.05) is 17.7 Å². The van der Waals surface area contributed by atoms with E-state index in [1.807, 2.05) is 18.3 Å². The predicted octanol–water partition coefficient (Wildman–Crippen LogP) is 4.68. The van der Waals surface area contributed by atoms with Crippen LogP contribution in [-0.2, 0) is 0 Å². The second-order valence-corrected chi connectivity index (χ2v) is 8.87. The number of fused-ring (bicyclic) bond motifs is 1. The Hall–Kier alpha value is -1.50. The van der Waals surface area contributed by atoms with Gasteiger partial charge in [-0.15, -0.1) is 0 Å². The van der Waals surface area contributed by atoms with Crippen LogP contribution in [-0.4, -0.2) is 52.0 Å². The van der Waals surface area contributed by atoms with Crippen LogP contribution in [0.3, 0.4) is 0 Å². The number of carbonyl (C=O) groups is 1. The van der Waals surface area contributed by atoms with Crippen LogP contribution in [0, 0.1) is 0 Å². The first-order chi connectivity index (χ1) is 13.2. The molecule has 1 saturated carbocycles. The summed E-state index contributed by atoms with van der Waals surface area (Å²) in [6, 6.07) is 5.92. The number of rotatable bonds is 5. The number of Topliss-reactive ketones (excluding diaryl/α,β-unsaturated/α-hetero) is 1. The molecule has 4 nitrogen and oxygen atoms in total. The van der Waals surface area contributed by atoms with Crippen LogP contribution in [0.4, 0.5) is 8.78 Å². The Bertz CT molecular complexity index is 895. The van der Waals surface area contributed by atoms with E-state index in [2.05, 4.69) is 16.5 Å². The number of benzene rings is 1. The highest BCUT2D eigenvalue weighted by Gasteiger charge is 2.42. The zero-order valence-electron chi connectivity index (χ0n) is 15.9. The minimum atomic E-state index is -2.70. The molecule has 0 atom stereocenters. The lowest BCUT2D eigenvalue weighted by Crippen LogP contribution is -2.44. The largest absolute Gasteiger partial charge is 0.390 e. The third-order valence-corrected chi connectivity index (χ3v) is 6.59. The molecule has 0 amide bonds. The van der Waals surface area contributed by atoms with Crippen molar-refractivity contribution in [2.24, 2.45) is 0 Å². The summed E-state index contributed by atoms with van der Waals surface area (Å²) in [6.45, 7) is 1.83. The maximum atomic E-state index is 13.4. The van der Waals surface area contributed by atoms with Crippen molar-refractivity contribution in [2.75, 3.05) is 20.1 Å². The summed E-state index contributed by atoms with van der Waals surface area (Å²) in [7, 11) is 2.05. The number of aliphatic hydroxyl groups is 1. The highest BCUT2D eigenvalue weighted by Crippen LogP contribution is 2.41. The smallest absolute Gasteiger partial charge is 0.248 e. The lowest BCUT2D eigenvalue weighted by atomic mass is 9.79. The van der Waals surface area contributed by atoms with E-state index in [1.54, 1.807) is 6.07 Å². The molecule has 2 aromatic rings. The molecule has 1 aliphatic heterocycles. The number of aromatic nitrogens is 1. The minimum Gasteiger partial charge on any atom is -0.390 e. The van der Waals surface area contributed by atoms with Crippen molar-refractivity contribution in [3.05, 3.63) is 35.0 Å². The van der Waals surface area contributed by atoms with Crippen LogP contribution < -0.4 is 0 Å². The van der Waals surface area contributed by atoms with Crippen LogP contribution in [0.5, 0.6) is 0 Å². The van der Waals surface area contributed by atoms with Crippen LogP contribution in [0.15, 0.2) is 24.4 Å². The molecule has 152 valence electrons. The fourth-order valence-electron chi connectivity index (χ4n) is 4.44. The van der Waals surface area contributed by atoms with Gasteiger partial charge in [-0.2, -0.15) is 0 Å². The van der Waals surface area contributed by atoms with Crippen molar-refractivity contribution in [1.82, 2.24) is 9.47 Å². The Labute approximate surface area is 168 Å². The molecule has 28 heavy (non-hydrogen) atoms. The molecule has 1 aliphatic carbocycles.